The Bertz CT molecular complexity index is 1450. The van der Waals surface area contributed by atoms with Crippen LogP contribution in [-0.4, -0.2) is 10.5 Å². The number of aromatic nitrogens is 1. The van der Waals surface area contributed by atoms with Gasteiger partial charge in [-0.2, -0.15) is 0 Å². The van der Waals surface area contributed by atoms with E-state index >= 15 is 0 Å². The molecule has 1 N–H and O–H groups in total. The second-order valence-corrected chi connectivity index (χ2v) is 8.80. The van der Waals surface area contributed by atoms with E-state index in [1.807, 2.05) is 92.9 Å². The number of carbonyl (C=O) groups excluding carboxylic acids is 1. The predicted octanol–water partition coefficient (Wildman–Crippen LogP) is 6.90. The van der Waals surface area contributed by atoms with Crippen molar-refractivity contribution in [3.63, 3.8) is 0 Å². The van der Waals surface area contributed by atoms with Gasteiger partial charge in [-0.05, 0) is 56.0 Å². The highest BCUT2D eigenvalue weighted by molar-refractivity contribution is 6.33. The zero-order valence-corrected chi connectivity index (χ0v) is 20.5. The molecule has 4 aromatic rings. The summed E-state index contributed by atoms with van der Waals surface area (Å²) in [6.07, 6.45) is 0.760. The molecule has 1 heterocycles. The van der Waals surface area contributed by atoms with Crippen LogP contribution in [0.15, 0.2) is 77.6 Å². The fourth-order valence-electron chi connectivity index (χ4n) is 4.36. The van der Waals surface area contributed by atoms with Crippen LogP contribution in [0.2, 0.25) is 5.02 Å². The van der Waals surface area contributed by atoms with E-state index < -0.39 is 5.91 Å². The van der Waals surface area contributed by atoms with Crippen LogP contribution < -0.4 is 10.7 Å². The van der Waals surface area contributed by atoms with Crippen molar-refractivity contribution in [2.45, 2.75) is 34.1 Å². The van der Waals surface area contributed by atoms with Gasteiger partial charge in [-0.1, -0.05) is 73.1 Å². The van der Waals surface area contributed by atoms with E-state index in [9.17, 15) is 9.59 Å². The van der Waals surface area contributed by atoms with Gasteiger partial charge in [0.1, 0.15) is 5.56 Å². The molecule has 0 fully saturated rings. The largest absolute Gasteiger partial charge is 0.321 e. The second-order valence-electron chi connectivity index (χ2n) is 8.39. The maximum Gasteiger partial charge on any atom is 0.261 e. The van der Waals surface area contributed by atoms with Crippen LogP contribution >= 0.6 is 11.6 Å². The lowest BCUT2D eigenvalue weighted by atomic mass is 10.0. The van der Waals surface area contributed by atoms with E-state index in [4.69, 9.17) is 11.6 Å². The molecule has 0 saturated heterocycles. The van der Waals surface area contributed by atoms with Crippen molar-refractivity contribution in [2.24, 2.45) is 0 Å². The first-order chi connectivity index (χ1) is 16.3. The van der Waals surface area contributed by atoms with Gasteiger partial charge in [-0.25, -0.2) is 0 Å². The van der Waals surface area contributed by atoms with Crippen LogP contribution in [0.4, 0.5) is 5.69 Å². The number of hydrogen-bond donors (Lipinski definition) is 1. The first kappa shape index (κ1) is 23.5. The molecule has 1 amide bonds. The molecule has 0 radical (unpaired) electrons. The molecular weight excluding hydrogens is 444 g/mol. The molecule has 0 aliphatic carbocycles. The number of aryl methyl sites for hydroxylation is 4. The topological polar surface area (TPSA) is 51.1 Å². The third kappa shape index (κ3) is 4.29. The number of pyridine rings is 1. The molecule has 4 rings (SSSR count). The molecule has 5 heteroatoms. The minimum Gasteiger partial charge on any atom is -0.321 e. The summed E-state index contributed by atoms with van der Waals surface area (Å²) in [5.74, 6) is -0.453. The Kier molecular flexibility index (Phi) is 6.71. The quantitative estimate of drug-likeness (QED) is 0.345. The Balaban J connectivity index is 2.03. The molecule has 0 atom stereocenters. The predicted molar refractivity (Wildman–Crippen MR) is 140 cm³/mol. The number of halogens is 1. The zero-order chi connectivity index (χ0) is 24.4. The molecule has 0 aliphatic rings. The average molecular weight is 471 g/mol. The number of hydrogen-bond acceptors (Lipinski definition) is 2. The molecule has 3 aromatic carbocycles. The molecule has 0 saturated carbocycles. The first-order valence-electron chi connectivity index (χ1n) is 11.3. The van der Waals surface area contributed by atoms with Crippen molar-refractivity contribution in [1.82, 2.24) is 4.57 Å². The van der Waals surface area contributed by atoms with Crippen LogP contribution in [0.5, 0.6) is 0 Å². The SMILES string of the molecule is CCc1cccc(C)c1NC(=O)c1c(-c2ccccc2Cl)n(-c2ccccc2C)c(C)cc1=O. The van der Waals surface area contributed by atoms with E-state index in [1.165, 1.54) is 6.07 Å². The number of carbonyl (C=O) groups is 1. The molecule has 1 aromatic heterocycles. The standard InChI is InChI=1S/C29H27ClN2O2/c1-5-21-13-10-12-19(3)27(21)31-29(34)26-25(33)17-20(4)32(24-16-9-6-11-18(24)2)28(26)22-14-7-8-15-23(22)30/h6-17H,5H2,1-4H3,(H,31,34). The summed E-state index contributed by atoms with van der Waals surface area (Å²) in [5.41, 5.74) is 6.13. The summed E-state index contributed by atoms with van der Waals surface area (Å²) >= 11 is 6.63. The monoisotopic (exact) mass is 470 g/mol. The van der Waals surface area contributed by atoms with Gasteiger partial charge in [0, 0.05) is 33.7 Å². The van der Waals surface area contributed by atoms with Gasteiger partial charge in [0.2, 0.25) is 0 Å². The van der Waals surface area contributed by atoms with Gasteiger partial charge in [0.15, 0.2) is 5.43 Å². The highest BCUT2D eigenvalue weighted by Gasteiger charge is 2.25. The highest BCUT2D eigenvalue weighted by atomic mass is 35.5. The van der Waals surface area contributed by atoms with Gasteiger partial charge in [0.25, 0.3) is 5.91 Å². The minimum absolute atomic E-state index is 0.0623. The van der Waals surface area contributed by atoms with Crippen LogP contribution in [0, 0.1) is 20.8 Å². The van der Waals surface area contributed by atoms with E-state index in [0.717, 1.165) is 40.2 Å². The summed E-state index contributed by atoms with van der Waals surface area (Å²) in [6, 6.07) is 22.6. The maximum absolute atomic E-state index is 13.8. The fourth-order valence-corrected chi connectivity index (χ4v) is 4.59. The fraction of sp³-hybridized carbons (Fsp3) is 0.172. The summed E-state index contributed by atoms with van der Waals surface area (Å²) < 4.78 is 1.95. The van der Waals surface area contributed by atoms with Gasteiger partial charge in [-0.15, -0.1) is 0 Å². The van der Waals surface area contributed by atoms with E-state index in [-0.39, 0.29) is 11.0 Å². The molecule has 0 aliphatic heterocycles. The number of rotatable bonds is 5. The van der Waals surface area contributed by atoms with E-state index in [1.54, 1.807) is 6.07 Å². The van der Waals surface area contributed by atoms with Crippen molar-refractivity contribution in [3.05, 3.63) is 116 Å². The maximum atomic E-state index is 13.8. The Morgan fingerprint density at radius 3 is 2.29 bits per heavy atom. The summed E-state index contributed by atoms with van der Waals surface area (Å²) in [6.45, 7) is 7.86. The van der Waals surface area contributed by atoms with Crippen LogP contribution in [-0.2, 0) is 6.42 Å². The Morgan fingerprint density at radius 2 is 1.59 bits per heavy atom. The van der Waals surface area contributed by atoms with Crippen molar-refractivity contribution >= 4 is 23.2 Å². The van der Waals surface area contributed by atoms with Crippen molar-refractivity contribution < 1.29 is 4.79 Å². The van der Waals surface area contributed by atoms with E-state index in [2.05, 4.69) is 5.32 Å². The molecule has 34 heavy (non-hydrogen) atoms. The lowest BCUT2D eigenvalue weighted by Crippen LogP contribution is -2.27. The smallest absolute Gasteiger partial charge is 0.261 e. The number of para-hydroxylation sites is 2. The van der Waals surface area contributed by atoms with Crippen LogP contribution in [0.1, 0.15) is 39.7 Å². The van der Waals surface area contributed by atoms with Crippen molar-refractivity contribution in [1.29, 1.82) is 0 Å². The minimum atomic E-state index is -0.453. The third-order valence-corrected chi connectivity index (χ3v) is 6.42. The lowest BCUT2D eigenvalue weighted by Gasteiger charge is -2.23. The summed E-state index contributed by atoms with van der Waals surface area (Å²) in [5, 5.41) is 3.50. The van der Waals surface area contributed by atoms with Crippen molar-refractivity contribution in [2.75, 3.05) is 5.32 Å². The van der Waals surface area contributed by atoms with Crippen LogP contribution in [0.3, 0.4) is 0 Å². The van der Waals surface area contributed by atoms with Gasteiger partial charge < -0.3 is 9.88 Å². The van der Waals surface area contributed by atoms with Crippen LogP contribution in [0.25, 0.3) is 16.9 Å². The number of anilines is 1. The number of benzene rings is 3. The molecule has 0 spiro atoms. The molecule has 172 valence electrons. The average Bonchev–Trinajstić information content (AvgIpc) is 2.81. The summed E-state index contributed by atoms with van der Waals surface area (Å²) in [4.78, 5) is 27.1. The van der Waals surface area contributed by atoms with Crippen molar-refractivity contribution in [3.8, 4) is 16.9 Å². The normalized spacial score (nSPS) is 10.9. The number of nitrogens with zero attached hydrogens (tertiary/aromatic N) is 1. The van der Waals surface area contributed by atoms with Gasteiger partial charge in [-0.3, -0.25) is 9.59 Å². The highest BCUT2D eigenvalue weighted by Crippen LogP contribution is 2.34. The molecular formula is C29H27ClN2O2. The van der Waals surface area contributed by atoms with Gasteiger partial charge in [0.05, 0.1) is 5.69 Å². The number of nitrogens with one attached hydrogen (secondary N) is 1. The second kappa shape index (κ2) is 9.70. The zero-order valence-electron chi connectivity index (χ0n) is 19.8. The molecule has 0 bridgehead atoms. The Hall–Kier alpha value is -3.63. The number of amides is 1. The third-order valence-electron chi connectivity index (χ3n) is 6.09. The Labute approximate surface area is 204 Å². The summed E-state index contributed by atoms with van der Waals surface area (Å²) in [7, 11) is 0. The lowest BCUT2D eigenvalue weighted by molar-refractivity contribution is 0.102. The van der Waals surface area contributed by atoms with E-state index in [0.29, 0.717) is 16.3 Å². The first-order valence-corrected chi connectivity index (χ1v) is 11.7. The molecule has 4 nitrogen and oxygen atoms in total. The molecule has 0 unspecified atom stereocenters. The Morgan fingerprint density at radius 1 is 0.912 bits per heavy atom. The van der Waals surface area contributed by atoms with Gasteiger partial charge >= 0.3 is 0 Å².